The first-order valence-corrected chi connectivity index (χ1v) is 8.14. The Balaban J connectivity index is 1.69. The van der Waals surface area contributed by atoms with Crippen molar-refractivity contribution in [2.75, 3.05) is 24.7 Å². The van der Waals surface area contributed by atoms with Crippen LogP contribution >= 0.6 is 11.3 Å². The summed E-state index contributed by atoms with van der Waals surface area (Å²) >= 11 is 1.58. The maximum atomic E-state index is 12.9. The summed E-state index contributed by atoms with van der Waals surface area (Å²) < 4.78 is 11.0. The number of carbonyl (C=O) groups excluding carboxylic acids is 1. The predicted molar refractivity (Wildman–Crippen MR) is 83.8 cm³/mol. The Morgan fingerprint density at radius 3 is 3.14 bits per heavy atom. The highest BCUT2D eigenvalue weighted by molar-refractivity contribution is 7.14. The summed E-state index contributed by atoms with van der Waals surface area (Å²) in [4.78, 5) is 21.0. The fourth-order valence-electron chi connectivity index (χ4n) is 2.80. The van der Waals surface area contributed by atoms with Gasteiger partial charge in [0.2, 0.25) is 5.88 Å². The lowest BCUT2D eigenvalue weighted by Crippen LogP contribution is -2.38. The van der Waals surface area contributed by atoms with E-state index in [4.69, 9.17) is 9.47 Å². The molecule has 2 aliphatic rings. The van der Waals surface area contributed by atoms with Gasteiger partial charge in [-0.05, 0) is 30.2 Å². The van der Waals surface area contributed by atoms with Gasteiger partial charge in [-0.3, -0.25) is 9.69 Å². The molecule has 0 aromatic carbocycles. The average molecular weight is 316 g/mol. The molecule has 22 heavy (non-hydrogen) atoms. The number of aryl methyl sites for hydroxylation is 1. The van der Waals surface area contributed by atoms with Gasteiger partial charge in [-0.1, -0.05) is 0 Å². The molecule has 5 nitrogen and oxygen atoms in total. The molecule has 0 unspecified atom stereocenters. The second-order valence-corrected chi connectivity index (χ2v) is 6.64. The monoisotopic (exact) mass is 316 g/mol. The van der Waals surface area contributed by atoms with E-state index in [2.05, 4.69) is 4.98 Å². The minimum absolute atomic E-state index is 0.0244. The highest BCUT2D eigenvalue weighted by atomic mass is 32.1. The van der Waals surface area contributed by atoms with Crippen molar-refractivity contribution in [1.82, 2.24) is 4.98 Å². The Morgan fingerprint density at radius 1 is 1.36 bits per heavy atom. The van der Waals surface area contributed by atoms with Crippen LogP contribution in [0.1, 0.15) is 25.7 Å². The van der Waals surface area contributed by atoms with Crippen molar-refractivity contribution in [3.63, 3.8) is 0 Å². The minimum atomic E-state index is 0.0244. The first-order chi connectivity index (χ1) is 10.7. The van der Waals surface area contributed by atoms with Crippen LogP contribution in [-0.2, 0) is 17.8 Å². The van der Waals surface area contributed by atoms with Crippen LogP contribution < -0.4 is 9.64 Å². The Morgan fingerprint density at radius 2 is 2.27 bits per heavy atom. The summed E-state index contributed by atoms with van der Waals surface area (Å²) in [5.41, 5.74) is 2.93. The molecule has 2 aromatic rings. The summed E-state index contributed by atoms with van der Waals surface area (Å²) in [6.07, 6.45) is 2.65. The first-order valence-electron chi connectivity index (χ1n) is 7.33. The summed E-state index contributed by atoms with van der Waals surface area (Å²) in [7, 11) is 0. The molecule has 0 fully saturated rings. The molecular weight excluding hydrogens is 300 g/mol. The van der Waals surface area contributed by atoms with Gasteiger partial charge in [-0.2, -0.15) is 0 Å². The maximum absolute atomic E-state index is 12.9. The lowest BCUT2D eigenvalue weighted by molar-refractivity contribution is 0.0979. The number of carbonyl (C=O) groups is 1. The van der Waals surface area contributed by atoms with E-state index in [0.29, 0.717) is 25.6 Å². The molecule has 0 radical (unpaired) electrons. The van der Waals surface area contributed by atoms with E-state index in [9.17, 15) is 4.79 Å². The number of thiophene rings is 1. The van der Waals surface area contributed by atoms with Gasteiger partial charge in [0.25, 0.3) is 5.91 Å². The van der Waals surface area contributed by atoms with E-state index >= 15 is 0 Å². The summed E-state index contributed by atoms with van der Waals surface area (Å²) in [5.74, 6) is 0.561. The average Bonchev–Trinajstić information content (AvgIpc) is 2.97. The van der Waals surface area contributed by atoms with Crippen LogP contribution in [0.4, 0.5) is 5.69 Å². The smallest absolute Gasteiger partial charge is 0.268 e. The van der Waals surface area contributed by atoms with Gasteiger partial charge in [0.15, 0.2) is 0 Å². The maximum Gasteiger partial charge on any atom is 0.268 e. The number of hydrogen-bond acceptors (Lipinski definition) is 5. The number of aromatic nitrogens is 1. The van der Waals surface area contributed by atoms with E-state index in [1.54, 1.807) is 22.4 Å². The van der Waals surface area contributed by atoms with Crippen molar-refractivity contribution >= 4 is 22.9 Å². The Kier molecular flexibility index (Phi) is 3.35. The van der Waals surface area contributed by atoms with Gasteiger partial charge < -0.3 is 9.47 Å². The molecule has 0 saturated heterocycles. The summed E-state index contributed by atoms with van der Waals surface area (Å²) in [6.45, 7) is 4.34. The van der Waals surface area contributed by atoms with Gasteiger partial charge in [-0.25, -0.2) is 4.98 Å². The molecule has 2 aromatic heterocycles. The van der Waals surface area contributed by atoms with E-state index in [1.165, 1.54) is 4.88 Å². The lowest BCUT2D eigenvalue weighted by Gasteiger charge is -2.28. The van der Waals surface area contributed by atoms with Gasteiger partial charge >= 0.3 is 0 Å². The molecule has 0 aliphatic carbocycles. The van der Waals surface area contributed by atoms with Crippen LogP contribution in [-0.4, -0.2) is 30.6 Å². The van der Waals surface area contributed by atoms with Crippen molar-refractivity contribution in [3.8, 4) is 5.88 Å². The second-order valence-electron chi connectivity index (χ2n) is 5.50. The van der Waals surface area contributed by atoms with Crippen molar-refractivity contribution in [1.29, 1.82) is 0 Å². The van der Waals surface area contributed by atoms with Gasteiger partial charge in [0, 0.05) is 17.5 Å². The molecule has 2 aliphatic heterocycles. The van der Waals surface area contributed by atoms with Crippen molar-refractivity contribution in [3.05, 3.63) is 39.2 Å². The molecular formula is C16H16N2O3S. The van der Waals surface area contributed by atoms with Crippen LogP contribution in [0.5, 0.6) is 5.88 Å². The Bertz CT molecular complexity index is 717. The molecule has 0 saturated carbocycles. The topological polar surface area (TPSA) is 51.7 Å². The lowest BCUT2D eigenvalue weighted by atomic mass is 10.2. The van der Waals surface area contributed by atoms with Gasteiger partial charge in [0.05, 0.1) is 24.6 Å². The highest BCUT2D eigenvalue weighted by Gasteiger charge is 2.28. The predicted octanol–water partition coefficient (Wildman–Crippen LogP) is 2.56. The molecule has 0 bridgehead atoms. The van der Waals surface area contributed by atoms with Crippen LogP contribution in [0.15, 0.2) is 18.3 Å². The first kappa shape index (κ1) is 13.7. The number of hydrogen-bond donors (Lipinski definition) is 0. The minimum Gasteiger partial charge on any atom is -0.474 e. The Labute approximate surface area is 132 Å². The number of amides is 1. The summed E-state index contributed by atoms with van der Waals surface area (Å²) in [5, 5.41) is 0. The largest absolute Gasteiger partial charge is 0.474 e. The summed E-state index contributed by atoms with van der Waals surface area (Å²) in [6, 6.07) is 3.93. The van der Waals surface area contributed by atoms with Crippen LogP contribution in [0.2, 0.25) is 0 Å². The Hall–Kier alpha value is -1.92. The second kappa shape index (κ2) is 5.37. The number of pyridine rings is 1. The third kappa shape index (κ3) is 2.28. The normalized spacial score (nSPS) is 16.7. The third-order valence-corrected chi connectivity index (χ3v) is 5.12. The zero-order chi connectivity index (χ0) is 15.1. The molecule has 114 valence electrons. The zero-order valence-corrected chi connectivity index (χ0v) is 13.1. The molecule has 4 rings (SSSR count). The molecule has 0 atom stereocenters. The van der Waals surface area contributed by atoms with E-state index in [1.807, 2.05) is 19.1 Å². The SMILES string of the molecule is Cc1cnc2c(c1)N(C(=O)c1cc3c(s1)CCOC3)CCO2. The van der Waals surface area contributed by atoms with E-state index in [-0.39, 0.29) is 5.91 Å². The number of fused-ring (bicyclic) bond motifs is 2. The van der Waals surface area contributed by atoms with Crippen LogP contribution in [0.25, 0.3) is 0 Å². The fraction of sp³-hybridized carbons (Fsp3) is 0.375. The number of nitrogens with zero attached hydrogens (tertiary/aromatic N) is 2. The molecule has 1 amide bonds. The zero-order valence-electron chi connectivity index (χ0n) is 12.3. The third-order valence-electron chi connectivity index (χ3n) is 3.90. The molecule has 0 spiro atoms. The number of ether oxygens (including phenoxy) is 2. The number of rotatable bonds is 1. The van der Waals surface area contributed by atoms with Crippen molar-refractivity contribution in [2.45, 2.75) is 20.0 Å². The molecule has 6 heteroatoms. The van der Waals surface area contributed by atoms with Gasteiger partial charge in [0.1, 0.15) is 12.3 Å². The van der Waals surface area contributed by atoms with E-state index < -0.39 is 0 Å². The van der Waals surface area contributed by atoms with Crippen molar-refractivity contribution < 1.29 is 14.3 Å². The number of anilines is 1. The van der Waals surface area contributed by atoms with E-state index in [0.717, 1.165) is 34.7 Å². The van der Waals surface area contributed by atoms with Crippen LogP contribution in [0.3, 0.4) is 0 Å². The quantitative estimate of drug-likeness (QED) is 0.811. The molecule has 4 heterocycles. The van der Waals surface area contributed by atoms with Crippen LogP contribution in [0, 0.1) is 6.92 Å². The highest BCUT2D eigenvalue weighted by Crippen LogP contribution is 2.33. The molecule has 0 N–H and O–H groups in total. The van der Waals surface area contributed by atoms with Crippen molar-refractivity contribution in [2.24, 2.45) is 0 Å². The van der Waals surface area contributed by atoms with Gasteiger partial charge in [-0.15, -0.1) is 11.3 Å². The fourth-order valence-corrected chi connectivity index (χ4v) is 3.89. The standard InChI is InChI=1S/C16H16N2O3S/c1-10-6-12-15(17-8-10)21-5-3-18(12)16(19)14-7-11-9-20-4-2-13(11)22-14/h6-8H,2-5,9H2,1H3.